The summed E-state index contributed by atoms with van der Waals surface area (Å²) < 4.78 is 36.1. The minimum Gasteiger partial charge on any atom is -0.497 e. The number of halogens is 2. The molecule has 2 heterocycles. The highest BCUT2D eigenvalue weighted by Gasteiger charge is 2.23. The molecule has 2 aromatic carbocycles. The molecule has 27 heavy (non-hydrogen) atoms. The van der Waals surface area contributed by atoms with Gasteiger partial charge in [0.2, 0.25) is 5.95 Å². The second-order valence-corrected chi connectivity index (χ2v) is 5.85. The van der Waals surface area contributed by atoms with E-state index >= 15 is 0 Å². The number of methoxy groups -OCH3 is 1. The van der Waals surface area contributed by atoms with Crippen LogP contribution in [-0.4, -0.2) is 28.5 Å². The van der Waals surface area contributed by atoms with Crippen molar-refractivity contribution in [2.24, 2.45) is 0 Å². The van der Waals surface area contributed by atoms with Crippen LogP contribution in [0.25, 0.3) is 5.70 Å². The number of rotatable bonds is 5. The Kier molecular flexibility index (Phi) is 4.45. The smallest absolute Gasteiger partial charge is 0.387 e. The second-order valence-electron chi connectivity index (χ2n) is 5.85. The molecule has 1 aliphatic heterocycles. The van der Waals surface area contributed by atoms with Crippen LogP contribution in [-0.2, 0) is 0 Å². The molecule has 3 aromatic rings. The van der Waals surface area contributed by atoms with E-state index in [2.05, 4.69) is 20.1 Å². The SMILES string of the molecule is COc1ccc(C2=C[C@@H](c3ccc(OC(F)F)cc3)n3ncnc3N2)cc1. The normalized spacial score (nSPS) is 15.7. The van der Waals surface area contributed by atoms with Gasteiger partial charge in [0.1, 0.15) is 23.9 Å². The molecule has 4 rings (SSSR count). The molecule has 1 N–H and O–H groups in total. The zero-order chi connectivity index (χ0) is 18.8. The first kappa shape index (κ1) is 17.0. The lowest BCUT2D eigenvalue weighted by atomic mass is 10.0. The van der Waals surface area contributed by atoms with Crippen molar-refractivity contribution in [2.75, 3.05) is 12.4 Å². The van der Waals surface area contributed by atoms with Gasteiger partial charge < -0.3 is 14.8 Å². The van der Waals surface area contributed by atoms with Crippen molar-refractivity contribution in [1.82, 2.24) is 14.8 Å². The van der Waals surface area contributed by atoms with Crippen molar-refractivity contribution >= 4 is 11.6 Å². The Morgan fingerprint density at radius 3 is 2.41 bits per heavy atom. The van der Waals surface area contributed by atoms with E-state index in [1.807, 2.05) is 30.3 Å². The van der Waals surface area contributed by atoms with Crippen LogP contribution in [0, 0.1) is 0 Å². The quantitative estimate of drug-likeness (QED) is 0.737. The van der Waals surface area contributed by atoms with Gasteiger partial charge in [0.25, 0.3) is 0 Å². The molecule has 0 saturated heterocycles. The molecule has 8 heteroatoms. The summed E-state index contributed by atoms with van der Waals surface area (Å²) in [5.74, 6) is 1.48. The summed E-state index contributed by atoms with van der Waals surface area (Å²) in [6.45, 7) is -2.85. The van der Waals surface area contributed by atoms with Crippen molar-refractivity contribution in [3.63, 3.8) is 0 Å². The lowest BCUT2D eigenvalue weighted by Gasteiger charge is -2.24. The van der Waals surface area contributed by atoms with Crippen LogP contribution < -0.4 is 14.8 Å². The number of alkyl halides is 2. The van der Waals surface area contributed by atoms with E-state index in [0.717, 1.165) is 22.6 Å². The van der Waals surface area contributed by atoms with Gasteiger partial charge in [-0.3, -0.25) is 0 Å². The van der Waals surface area contributed by atoms with E-state index < -0.39 is 6.61 Å². The van der Waals surface area contributed by atoms with Crippen molar-refractivity contribution in [2.45, 2.75) is 12.7 Å². The number of hydrogen-bond acceptors (Lipinski definition) is 5. The third kappa shape index (κ3) is 3.46. The van der Waals surface area contributed by atoms with E-state index in [-0.39, 0.29) is 11.8 Å². The van der Waals surface area contributed by atoms with Gasteiger partial charge in [0, 0.05) is 5.70 Å². The standard InChI is InChI=1S/C19H16F2N4O2/c1-26-14-6-2-12(3-7-14)16-10-17(25-19(24-16)22-11-23-25)13-4-8-15(9-5-13)27-18(20)21/h2-11,17-18H,1H3,(H,22,23,24)/t17-/m0/s1. The van der Waals surface area contributed by atoms with Crippen molar-refractivity contribution in [3.8, 4) is 11.5 Å². The largest absolute Gasteiger partial charge is 0.497 e. The summed E-state index contributed by atoms with van der Waals surface area (Å²) >= 11 is 0. The summed E-state index contributed by atoms with van der Waals surface area (Å²) in [6, 6.07) is 13.9. The molecule has 0 fully saturated rings. The molecule has 0 aliphatic carbocycles. The number of ether oxygens (including phenoxy) is 2. The molecule has 138 valence electrons. The minimum absolute atomic E-state index is 0.112. The lowest BCUT2D eigenvalue weighted by Crippen LogP contribution is -2.20. The fourth-order valence-electron chi connectivity index (χ4n) is 2.96. The van der Waals surface area contributed by atoms with Gasteiger partial charge in [0.15, 0.2) is 0 Å². The molecule has 1 atom stereocenters. The van der Waals surface area contributed by atoms with Gasteiger partial charge in [-0.05, 0) is 53.6 Å². The minimum atomic E-state index is -2.85. The van der Waals surface area contributed by atoms with Crippen molar-refractivity contribution < 1.29 is 18.3 Å². The molecule has 0 amide bonds. The van der Waals surface area contributed by atoms with Crippen LogP contribution in [0.3, 0.4) is 0 Å². The molecule has 6 nitrogen and oxygen atoms in total. The van der Waals surface area contributed by atoms with Crippen molar-refractivity contribution in [1.29, 1.82) is 0 Å². The fraction of sp³-hybridized carbons (Fsp3) is 0.158. The molecular formula is C19H16F2N4O2. The summed E-state index contributed by atoms with van der Waals surface area (Å²) in [5.41, 5.74) is 2.71. The monoisotopic (exact) mass is 370 g/mol. The topological polar surface area (TPSA) is 61.2 Å². The first-order valence-electron chi connectivity index (χ1n) is 8.21. The molecule has 0 spiro atoms. The van der Waals surface area contributed by atoms with Crippen molar-refractivity contribution in [3.05, 3.63) is 72.1 Å². The Bertz CT molecular complexity index is 953. The zero-order valence-electron chi connectivity index (χ0n) is 14.3. The highest BCUT2D eigenvalue weighted by atomic mass is 19.3. The predicted molar refractivity (Wildman–Crippen MR) is 95.8 cm³/mol. The van der Waals surface area contributed by atoms with Crippen LogP contribution in [0.15, 0.2) is 60.9 Å². The summed E-state index contributed by atoms with van der Waals surface area (Å²) in [5, 5.41) is 7.52. The van der Waals surface area contributed by atoms with Crippen LogP contribution in [0.4, 0.5) is 14.7 Å². The lowest BCUT2D eigenvalue weighted by molar-refractivity contribution is -0.0498. The number of benzene rings is 2. The average Bonchev–Trinajstić information content (AvgIpc) is 3.16. The Morgan fingerprint density at radius 1 is 1.04 bits per heavy atom. The van der Waals surface area contributed by atoms with E-state index in [1.54, 1.807) is 23.9 Å². The number of allylic oxidation sites excluding steroid dienone is 1. The van der Waals surface area contributed by atoms with E-state index in [0.29, 0.717) is 5.95 Å². The van der Waals surface area contributed by atoms with Gasteiger partial charge in [-0.2, -0.15) is 18.9 Å². The van der Waals surface area contributed by atoms with Crippen LogP contribution in [0.5, 0.6) is 11.5 Å². The number of nitrogens with zero attached hydrogens (tertiary/aromatic N) is 3. The Morgan fingerprint density at radius 2 is 1.74 bits per heavy atom. The van der Waals surface area contributed by atoms with E-state index in [1.165, 1.54) is 18.5 Å². The Balaban J connectivity index is 1.68. The number of fused-ring (bicyclic) bond motifs is 1. The van der Waals surface area contributed by atoms with E-state index in [9.17, 15) is 8.78 Å². The highest BCUT2D eigenvalue weighted by molar-refractivity contribution is 5.77. The van der Waals surface area contributed by atoms with Gasteiger partial charge in [-0.25, -0.2) is 4.68 Å². The summed E-state index contributed by atoms with van der Waals surface area (Å²) in [6.07, 6.45) is 3.47. The second kappa shape index (κ2) is 7.06. The van der Waals surface area contributed by atoms with Crippen LogP contribution in [0.1, 0.15) is 17.2 Å². The fourth-order valence-corrected chi connectivity index (χ4v) is 2.96. The zero-order valence-corrected chi connectivity index (χ0v) is 14.3. The van der Waals surface area contributed by atoms with Gasteiger partial charge in [-0.15, -0.1) is 0 Å². The number of hydrogen-bond donors (Lipinski definition) is 1. The molecule has 0 saturated carbocycles. The molecule has 1 aliphatic rings. The van der Waals surface area contributed by atoms with Crippen LogP contribution >= 0.6 is 0 Å². The number of aromatic nitrogens is 3. The first-order chi connectivity index (χ1) is 13.1. The van der Waals surface area contributed by atoms with Gasteiger partial charge >= 0.3 is 6.61 Å². The first-order valence-corrected chi connectivity index (χ1v) is 8.21. The molecule has 0 radical (unpaired) electrons. The maximum absolute atomic E-state index is 12.4. The Hall–Kier alpha value is -3.42. The third-order valence-corrected chi connectivity index (χ3v) is 4.26. The highest BCUT2D eigenvalue weighted by Crippen LogP contribution is 2.33. The summed E-state index contributed by atoms with van der Waals surface area (Å²) in [7, 11) is 1.62. The molecule has 1 aromatic heterocycles. The van der Waals surface area contributed by atoms with Crippen LogP contribution in [0.2, 0.25) is 0 Å². The summed E-state index contributed by atoms with van der Waals surface area (Å²) in [4.78, 5) is 4.25. The number of nitrogens with one attached hydrogen (secondary N) is 1. The Labute approximate surface area is 154 Å². The predicted octanol–water partition coefficient (Wildman–Crippen LogP) is 3.94. The maximum Gasteiger partial charge on any atom is 0.387 e. The van der Waals surface area contributed by atoms with E-state index in [4.69, 9.17) is 4.74 Å². The number of anilines is 1. The average molecular weight is 370 g/mol. The van der Waals surface area contributed by atoms with Gasteiger partial charge in [-0.1, -0.05) is 12.1 Å². The molecule has 0 bridgehead atoms. The third-order valence-electron chi connectivity index (χ3n) is 4.26. The van der Waals surface area contributed by atoms with Gasteiger partial charge in [0.05, 0.1) is 7.11 Å². The molecule has 0 unspecified atom stereocenters. The maximum atomic E-state index is 12.4. The molecular weight excluding hydrogens is 354 g/mol.